The average Bonchev–Trinajstić information content (AvgIpc) is 2.27. The summed E-state index contributed by atoms with van der Waals surface area (Å²) in [4.78, 5) is 38.2. The lowest BCUT2D eigenvalue weighted by atomic mass is 10.1. The van der Waals surface area contributed by atoms with Gasteiger partial charge in [-0.25, -0.2) is 4.79 Å². The first-order chi connectivity index (χ1) is 9.55. The van der Waals surface area contributed by atoms with Crippen LogP contribution in [0.4, 0.5) is 4.79 Å². The van der Waals surface area contributed by atoms with Crippen molar-refractivity contribution in [3.05, 3.63) is 29.8 Å². The fourth-order valence-electron chi connectivity index (χ4n) is 1.62. The topological polar surface area (TPSA) is 96.2 Å². The van der Waals surface area contributed by atoms with Crippen molar-refractivity contribution < 1.29 is 28.7 Å². The van der Waals surface area contributed by atoms with Gasteiger partial charge in [-0.2, -0.15) is 0 Å². The van der Waals surface area contributed by atoms with E-state index in [1.807, 2.05) is 0 Å². The molecule has 0 saturated carbocycles. The summed E-state index contributed by atoms with van der Waals surface area (Å²) in [5.41, 5.74) is 0.344. The highest BCUT2D eigenvalue weighted by atomic mass is 28.4. The second kappa shape index (κ2) is 7.03. The average molecular weight is 314 g/mol. The summed E-state index contributed by atoms with van der Waals surface area (Å²) < 4.78 is 10.1. The van der Waals surface area contributed by atoms with Crippen LogP contribution in [-0.2, 0) is 11.2 Å². The second-order valence-electron chi connectivity index (χ2n) is 5.84. The van der Waals surface area contributed by atoms with Crippen LogP contribution in [0.5, 0.6) is 5.75 Å². The number of benzene rings is 1. The number of aryl methyl sites for hydroxylation is 1. The Kier molecular flexibility index (Phi) is 5.91. The Morgan fingerprint density at radius 1 is 1.14 bits per heavy atom. The van der Waals surface area contributed by atoms with E-state index in [2.05, 4.69) is 0 Å². The van der Waals surface area contributed by atoms with Crippen molar-refractivity contribution in [2.24, 2.45) is 0 Å². The Hall–Kier alpha value is -1.41. The molecule has 0 amide bonds. The van der Waals surface area contributed by atoms with Gasteiger partial charge in [-0.3, -0.25) is 0 Å². The van der Waals surface area contributed by atoms with Crippen LogP contribution < -0.4 is 4.74 Å². The van der Waals surface area contributed by atoms with Gasteiger partial charge < -0.3 is 23.9 Å². The molecule has 118 valence electrons. The van der Waals surface area contributed by atoms with Crippen LogP contribution in [0.15, 0.2) is 24.3 Å². The number of hydrogen-bond donors (Lipinski definition) is 3. The predicted molar refractivity (Wildman–Crippen MR) is 78.8 cm³/mol. The van der Waals surface area contributed by atoms with E-state index < -0.39 is 20.6 Å². The molecule has 0 aromatic heterocycles. The van der Waals surface area contributed by atoms with Gasteiger partial charge in [0, 0.05) is 6.04 Å². The molecule has 1 aromatic rings. The molecule has 3 N–H and O–H groups in total. The molecule has 0 aliphatic rings. The van der Waals surface area contributed by atoms with Crippen molar-refractivity contribution in [1.29, 1.82) is 0 Å². The molecule has 21 heavy (non-hydrogen) atoms. The van der Waals surface area contributed by atoms with Crippen molar-refractivity contribution in [2.45, 2.75) is 45.3 Å². The largest absolute Gasteiger partial charge is 0.514 e. The Morgan fingerprint density at radius 3 is 2.19 bits per heavy atom. The van der Waals surface area contributed by atoms with E-state index in [0.717, 1.165) is 5.56 Å². The standard InChI is InChI=1S/C14H22O6Si/c1-14(2,3)20-13(15)19-12-8-6-11(7-9-12)5-4-10-21(16,17)18/h6-9,16-18H,4-5,10H2,1-3H3. The van der Waals surface area contributed by atoms with Gasteiger partial charge in [0.05, 0.1) is 0 Å². The number of carbonyl (C=O) groups excluding carboxylic acids is 1. The Labute approximate surface area is 125 Å². The fourth-order valence-corrected chi connectivity index (χ4v) is 2.27. The maximum Gasteiger partial charge on any atom is 0.514 e. The number of hydrogen-bond acceptors (Lipinski definition) is 6. The molecule has 0 radical (unpaired) electrons. The number of ether oxygens (including phenoxy) is 2. The summed E-state index contributed by atoms with van der Waals surface area (Å²) in [6.45, 7) is 5.26. The SMILES string of the molecule is CC(C)(C)OC(=O)Oc1ccc(CCC[Si](O)(O)O)cc1. The van der Waals surface area contributed by atoms with Crippen LogP contribution in [0.25, 0.3) is 0 Å². The highest BCUT2D eigenvalue weighted by Gasteiger charge is 2.25. The monoisotopic (exact) mass is 314 g/mol. The van der Waals surface area contributed by atoms with E-state index in [-0.39, 0.29) is 6.04 Å². The van der Waals surface area contributed by atoms with Crippen LogP contribution in [-0.4, -0.2) is 34.9 Å². The minimum Gasteiger partial charge on any atom is -0.428 e. The van der Waals surface area contributed by atoms with Crippen LogP contribution >= 0.6 is 0 Å². The molecule has 0 spiro atoms. The Balaban J connectivity index is 2.45. The normalized spacial score (nSPS) is 12.1. The molecule has 0 aliphatic heterocycles. The molecule has 1 aromatic carbocycles. The first-order valence-electron chi connectivity index (χ1n) is 6.72. The molecule has 0 aliphatic carbocycles. The van der Waals surface area contributed by atoms with Crippen molar-refractivity contribution in [3.63, 3.8) is 0 Å². The molecule has 1 rings (SSSR count). The molecule has 0 bridgehead atoms. The lowest BCUT2D eigenvalue weighted by molar-refractivity contribution is 0.0206. The predicted octanol–water partition coefficient (Wildman–Crippen LogP) is 1.85. The van der Waals surface area contributed by atoms with E-state index in [1.165, 1.54) is 0 Å². The maximum atomic E-state index is 11.5. The van der Waals surface area contributed by atoms with Gasteiger partial charge in [-0.1, -0.05) is 12.1 Å². The molecule has 0 heterocycles. The zero-order valence-electron chi connectivity index (χ0n) is 12.5. The number of rotatable bonds is 5. The van der Waals surface area contributed by atoms with E-state index in [0.29, 0.717) is 18.6 Å². The van der Waals surface area contributed by atoms with Crippen LogP contribution in [0, 0.1) is 0 Å². The summed E-state index contributed by atoms with van der Waals surface area (Å²) in [5.74, 6) is 0.378. The summed E-state index contributed by atoms with van der Waals surface area (Å²) in [6, 6.07) is 6.83. The van der Waals surface area contributed by atoms with E-state index in [4.69, 9.17) is 23.9 Å². The van der Waals surface area contributed by atoms with Crippen molar-refractivity contribution in [1.82, 2.24) is 0 Å². The zero-order valence-corrected chi connectivity index (χ0v) is 13.5. The molecule has 0 atom stereocenters. The van der Waals surface area contributed by atoms with Crippen LogP contribution in [0.2, 0.25) is 6.04 Å². The first kappa shape index (κ1) is 17.6. The van der Waals surface area contributed by atoms with Crippen molar-refractivity contribution in [3.8, 4) is 5.75 Å². The van der Waals surface area contributed by atoms with Crippen molar-refractivity contribution >= 4 is 15.0 Å². The Bertz CT molecular complexity index is 458. The van der Waals surface area contributed by atoms with Gasteiger partial charge in [0.25, 0.3) is 0 Å². The second-order valence-corrected chi connectivity index (χ2v) is 7.89. The van der Waals surface area contributed by atoms with Crippen LogP contribution in [0.3, 0.4) is 0 Å². The molecular weight excluding hydrogens is 292 g/mol. The minimum atomic E-state index is -3.95. The first-order valence-corrected chi connectivity index (χ1v) is 8.77. The summed E-state index contributed by atoms with van der Waals surface area (Å²) in [5, 5.41) is 0. The Morgan fingerprint density at radius 2 is 1.71 bits per heavy atom. The molecular formula is C14H22O6Si. The van der Waals surface area contributed by atoms with E-state index in [9.17, 15) is 4.79 Å². The van der Waals surface area contributed by atoms with Gasteiger partial charge in [0.1, 0.15) is 11.4 Å². The molecule has 7 heteroatoms. The smallest absolute Gasteiger partial charge is 0.428 e. The summed E-state index contributed by atoms with van der Waals surface area (Å²) in [6.07, 6.45) is 0.317. The molecule has 0 saturated heterocycles. The fraction of sp³-hybridized carbons (Fsp3) is 0.500. The lowest BCUT2D eigenvalue weighted by Crippen LogP contribution is -2.34. The van der Waals surface area contributed by atoms with Gasteiger partial charge in [0.2, 0.25) is 0 Å². The van der Waals surface area contributed by atoms with Crippen LogP contribution in [0.1, 0.15) is 32.8 Å². The molecule has 6 nitrogen and oxygen atoms in total. The van der Waals surface area contributed by atoms with Gasteiger partial charge in [-0.15, -0.1) is 0 Å². The number of carbonyl (C=O) groups is 1. The minimum absolute atomic E-state index is 0.00313. The van der Waals surface area contributed by atoms with E-state index in [1.54, 1.807) is 45.0 Å². The van der Waals surface area contributed by atoms with Gasteiger partial charge in [0.15, 0.2) is 0 Å². The quantitative estimate of drug-likeness (QED) is 0.436. The highest BCUT2D eigenvalue weighted by molar-refractivity contribution is 6.56. The van der Waals surface area contributed by atoms with E-state index >= 15 is 0 Å². The van der Waals surface area contributed by atoms with Crippen molar-refractivity contribution in [2.75, 3.05) is 0 Å². The third-order valence-corrected chi connectivity index (χ3v) is 3.52. The highest BCUT2D eigenvalue weighted by Crippen LogP contribution is 2.17. The summed E-state index contributed by atoms with van der Waals surface area (Å²) in [7, 11) is -3.95. The molecule has 0 fully saturated rings. The molecule has 0 unspecified atom stereocenters. The maximum absolute atomic E-state index is 11.5. The third kappa shape index (κ3) is 8.46. The summed E-state index contributed by atoms with van der Waals surface area (Å²) >= 11 is 0. The third-order valence-electron chi connectivity index (χ3n) is 2.49. The zero-order chi connectivity index (χ0) is 16.1. The van der Waals surface area contributed by atoms with Gasteiger partial charge >= 0.3 is 15.0 Å². The lowest BCUT2D eigenvalue weighted by Gasteiger charge is -2.18. The van der Waals surface area contributed by atoms with Gasteiger partial charge in [-0.05, 0) is 51.3 Å².